The minimum atomic E-state index is -1.20. The van der Waals surface area contributed by atoms with Crippen LogP contribution < -0.4 is 0 Å². The summed E-state index contributed by atoms with van der Waals surface area (Å²) >= 11 is 0. The number of carbonyl (C=O) groups is 2. The fourth-order valence-electron chi connectivity index (χ4n) is 0.853. The van der Waals surface area contributed by atoms with Crippen molar-refractivity contribution in [3.63, 3.8) is 0 Å². The largest absolute Gasteiger partial charge is 0.506 e. The SMILES string of the molecule is CCC(C)OC(=O)O.CCC(CC)OC(=O)O. The van der Waals surface area contributed by atoms with Crippen molar-refractivity contribution in [2.75, 3.05) is 0 Å². The molecule has 2 N–H and O–H groups in total. The zero-order valence-corrected chi connectivity index (χ0v) is 10.8. The van der Waals surface area contributed by atoms with E-state index in [-0.39, 0.29) is 12.2 Å². The zero-order valence-electron chi connectivity index (χ0n) is 10.8. The molecule has 6 heteroatoms. The molecule has 102 valence electrons. The third-order valence-corrected chi connectivity index (χ3v) is 2.06. The molecule has 1 unspecified atom stereocenters. The van der Waals surface area contributed by atoms with E-state index in [9.17, 15) is 9.59 Å². The van der Waals surface area contributed by atoms with E-state index in [1.165, 1.54) is 0 Å². The normalized spacial score (nSPS) is 11.1. The van der Waals surface area contributed by atoms with Crippen LogP contribution in [0.4, 0.5) is 9.59 Å². The Bertz CT molecular complexity index is 212. The second-order valence-corrected chi connectivity index (χ2v) is 3.42. The Hall–Kier alpha value is -1.46. The molecule has 0 saturated carbocycles. The number of ether oxygens (including phenoxy) is 2. The lowest BCUT2D eigenvalue weighted by molar-refractivity contribution is 0.0484. The predicted molar refractivity (Wildman–Crippen MR) is 62.3 cm³/mol. The summed E-state index contributed by atoms with van der Waals surface area (Å²) in [5.41, 5.74) is 0. The van der Waals surface area contributed by atoms with Crippen molar-refractivity contribution in [3.8, 4) is 0 Å². The van der Waals surface area contributed by atoms with Crippen molar-refractivity contribution in [1.82, 2.24) is 0 Å². The summed E-state index contributed by atoms with van der Waals surface area (Å²) < 4.78 is 8.78. The molecule has 0 amide bonds. The summed E-state index contributed by atoms with van der Waals surface area (Å²) in [6.07, 6.45) is -0.434. The van der Waals surface area contributed by atoms with Gasteiger partial charge in [-0.3, -0.25) is 0 Å². The highest BCUT2D eigenvalue weighted by molar-refractivity contribution is 5.57. The summed E-state index contributed by atoms with van der Waals surface area (Å²) in [6.45, 7) is 7.38. The lowest BCUT2D eigenvalue weighted by Crippen LogP contribution is -2.14. The van der Waals surface area contributed by atoms with Crippen LogP contribution in [-0.4, -0.2) is 34.7 Å². The Morgan fingerprint density at radius 2 is 1.35 bits per heavy atom. The quantitative estimate of drug-likeness (QED) is 0.727. The van der Waals surface area contributed by atoms with Gasteiger partial charge in [-0.05, 0) is 26.2 Å². The Kier molecular flexibility index (Phi) is 11.6. The van der Waals surface area contributed by atoms with E-state index in [1.807, 2.05) is 20.8 Å². The Labute approximate surface area is 102 Å². The van der Waals surface area contributed by atoms with Gasteiger partial charge in [0.1, 0.15) is 12.2 Å². The second-order valence-electron chi connectivity index (χ2n) is 3.42. The van der Waals surface area contributed by atoms with E-state index in [0.29, 0.717) is 0 Å². The molecule has 1 atom stereocenters. The highest BCUT2D eigenvalue weighted by Gasteiger charge is 2.06. The summed E-state index contributed by atoms with van der Waals surface area (Å²) in [5.74, 6) is 0. The summed E-state index contributed by atoms with van der Waals surface area (Å²) in [6, 6.07) is 0. The van der Waals surface area contributed by atoms with Crippen LogP contribution in [-0.2, 0) is 9.47 Å². The lowest BCUT2D eigenvalue weighted by Gasteiger charge is -2.09. The van der Waals surface area contributed by atoms with Crippen molar-refractivity contribution < 1.29 is 29.3 Å². The Morgan fingerprint density at radius 3 is 1.47 bits per heavy atom. The fraction of sp³-hybridized carbons (Fsp3) is 0.818. The average molecular weight is 250 g/mol. The van der Waals surface area contributed by atoms with Crippen molar-refractivity contribution >= 4 is 12.3 Å². The van der Waals surface area contributed by atoms with Crippen LogP contribution in [0.25, 0.3) is 0 Å². The molecule has 0 aliphatic rings. The van der Waals surface area contributed by atoms with Crippen LogP contribution in [0.1, 0.15) is 47.0 Å². The Morgan fingerprint density at radius 1 is 0.941 bits per heavy atom. The smallest absolute Gasteiger partial charge is 0.450 e. The molecule has 0 heterocycles. The monoisotopic (exact) mass is 250 g/mol. The van der Waals surface area contributed by atoms with Crippen molar-refractivity contribution in [3.05, 3.63) is 0 Å². The number of rotatable bonds is 5. The summed E-state index contributed by atoms with van der Waals surface area (Å²) in [4.78, 5) is 19.7. The van der Waals surface area contributed by atoms with Gasteiger partial charge in [-0.2, -0.15) is 0 Å². The first-order valence-electron chi connectivity index (χ1n) is 5.66. The molecule has 0 fully saturated rings. The summed E-state index contributed by atoms with van der Waals surface area (Å²) in [5, 5.41) is 16.1. The van der Waals surface area contributed by atoms with E-state index in [1.54, 1.807) is 6.92 Å². The Balaban J connectivity index is 0. The van der Waals surface area contributed by atoms with E-state index < -0.39 is 12.3 Å². The molecule has 0 saturated heterocycles. The molecule has 0 rings (SSSR count). The van der Waals surface area contributed by atoms with Crippen LogP contribution in [0.15, 0.2) is 0 Å². The zero-order chi connectivity index (χ0) is 13.8. The lowest BCUT2D eigenvalue weighted by atomic mass is 10.2. The fourth-order valence-corrected chi connectivity index (χ4v) is 0.853. The van der Waals surface area contributed by atoms with Gasteiger partial charge in [-0.25, -0.2) is 9.59 Å². The minimum Gasteiger partial charge on any atom is -0.450 e. The molecule has 0 spiro atoms. The standard InChI is InChI=1S/C6H12O3.C5H10O3/c1-3-5(4-2)9-6(7)8;1-3-4(2)8-5(6)7/h5H,3-4H2,1-2H3,(H,7,8);4H,3H2,1-2H3,(H,6,7). The molecule has 0 aromatic carbocycles. The van der Waals surface area contributed by atoms with Crippen LogP contribution in [0.5, 0.6) is 0 Å². The molecule has 0 bridgehead atoms. The van der Waals surface area contributed by atoms with Gasteiger partial charge < -0.3 is 19.7 Å². The van der Waals surface area contributed by atoms with Crippen LogP contribution >= 0.6 is 0 Å². The van der Waals surface area contributed by atoms with Crippen LogP contribution in [0.2, 0.25) is 0 Å². The maximum Gasteiger partial charge on any atom is 0.506 e. The molecule has 17 heavy (non-hydrogen) atoms. The number of hydrogen-bond donors (Lipinski definition) is 2. The molecular formula is C11H22O6. The maximum atomic E-state index is 9.91. The first-order chi connectivity index (χ1) is 7.87. The summed E-state index contributed by atoms with van der Waals surface area (Å²) in [7, 11) is 0. The molecule has 0 aliphatic heterocycles. The van der Waals surface area contributed by atoms with Crippen molar-refractivity contribution in [1.29, 1.82) is 0 Å². The molecule has 0 aromatic heterocycles. The van der Waals surface area contributed by atoms with Gasteiger partial charge in [-0.1, -0.05) is 20.8 Å². The minimum absolute atomic E-state index is 0.123. The number of hydrogen-bond acceptors (Lipinski definition) is 4. The topological polar surface area (TPSA) is 93.1 Å². The van der Waals surface area contributed by atoms with Gasteiger partial charge in [0.05, 0.1) is 0 Å². The first kappa shape index (κ1) is 17.9. The third-order valence-electron chi connectivity index (χ3n) is 2.06. The van der Waals surface area contributed by atoms with Crippen molar-refractivity contribution in [2.24, 2.45) is 0 Å². The van der Waals surface area contributed by atoms with Gasteiger partial charge in [0, 0.05) is 0 Å². The second kappa shape index (κ2) is 11.0. The van der Waals surface area contributed by atoms with E-state index in [2.05, 4.69) is 9.47 Å². The average Bonchev–Trinajstić information content (AvgIpc) is 2.25. The predicted octanol–water partition coefficient (Wildman–Crippen LogP) is 3.35. The van der Waals surface area contributed by atoms with Gasteiger partial charge in [0.15, 0.2) is 0 Å². The molecule has 0 aliphatic carbocycles. The highest BCUT2D eigenvalue weighted by atomic mass is 16.7. The molecule has 0 radical (unpaired) electrons. The maximum absolute atomic E-state index is 9.91. The van der Waals surface area contributed by atoms with Crippen molar-refractivity contribution in [2.45, 2.75) is 59.2 Å². The third kappa shape index (κ3) is 14.5. The first-order valence-corrected chi connectivity index (χ1v) is 5.66. The highest BCUT2D eigenvalue weighted by Crippen LogP contribution is 2.01. The van der Waals surface area contributed by atoms with Gasteiger partial charge in [-0.15, -0.1) is 0 Å². The van der Waals surface area contributed by atoms with Gasteiger partial charge in [0.25, 0.3) is 0 Å². The van der Waals surface area contributed by atoms with Gasteiger partial charge in [0.2, 0.25) is 0 Å². The van der Waals surface area contributed by atoms with Crippen LogP contribution in [0, 0.1) is 0 Å². The van der Waals surface area contributed by atoms with E-state index >= 15 is 0 Å². The van der Waals surface area contributed by atoms with Gasteiger partial charge >= 0.3 is 12.3 Å². The molecule has 6 nitrogen and oxygen atoms in total. The van der Waals surface area contributed by atoms with E-state index in [4.69, 9.17) is 10.2 Å². The molecule has 0 aromatic rings. The van der Waals surface area contributed by atoms with Crippen LogP contribution in [0.3, 0.4) is 0 Å². The van der Waals surface area contributed by atoms with E-state index in [0.717, 1.165) is 19.3 Å². The number of carboxylic acid groups (broad SMARTS) is 2. The molecular weight excluding hydrogens is 228 g/mol.